The van der Waals surface area contributed by atoms with Gasteiger partial charge in [0.15, 0.2) is 0 Å². The third-order valence-corrected chi connectivity index (χ3v) is 6.12. The van der Waals surface area contributed by atoms with Crippen molar-refractivity contribution in [1.29, 1.82) is 0 Å². The minimum atomic E-state index is 0.263. The molecule has 5 rings (SSSR count). The van der Waals surface area contributed by atoms with Gasteiger partial charge in [0.2, 0.25) is 5.95 Å². The summed E-state index contributed by atoms with van der Waals surface area (Å²) in [7, 11) is 2.18. The third kappa shape index (κ3) is 3.70. The molecule has 7 nitrogen and oxygen atoms in total. The number of piperazine rings is 1. The number of hydrogen-bond donors (Lipinski definition) is 1. The summed E-state index contributed by atoms with van der Waals surface area (Å²) in [6.45, 7) is 10.7. The number of hydrogen-bond acceptors (Lipinski definition) is 6. The van der Waals surface area contributed by atoms with Gasteiger partial charge in [-0.1, -0.05) is 12.1 Å². The molecule has 1 N–H and O–H groups in total. The van der Waals surface area contributed by atoms with Gasteiger partial charge in [0.25, 0.3) is 0 Å². The zero-order chi connectivity index (χ0) is 21.5. The fourth-order valence-electron chi connectivity index (χ4n) is 4.25. The van der Waals surface area contributed by atoms with E-state index < -0.39 is 0 Å². The van der Waals surface area contributed by atoms with Crippen LogP contribution < -0.4 is 10.2 Å². The zero-order valence-electron chi connectivity index (χ0n) is 18.6. The van der Waals surface area contributed by atoms with Gasteiger partial charge in [-0.2, -0.15) is 5.10 Å². The van der Waals surface area contributed by atoms with Crippen LogP contribution in [0.3, 0.4) is 0 Å². The standard InChI is InChI=1S/C24H29N7/c1-16(2)31-23-19(15-26-31)6-5-18-14-25-24(28-22(18)23)27-21-8-7-20(13-17(21)3)30-11-9-29(4)10-12-30/h5-8,13-16H,9-12H2,1-4H3,(H,25,27,28). The average Bonchev–Trinajstić information content (AvgIpc) is 3.21. The molecule has 2 aromatic carbocycles. The Labute approximate surface area is 182 Å². The smallest absolute Gasteiger partial charge is 0.227 e. The van der Waals surface area contributed by atoms with E-state index in [4.69, 9.17) is 4.98 Å². The van der Waals surface area contributed by atoms with E-state index in [-0.39, 0.29) is 6.04 Å². The number of likely N-dealkylation sites (N-methyl/N-ethyl adjacent to an activating group) is 1. The highest BCUT2D eigenvalue weighted by Gasteiger charge is 2.16. The number of aromatic nitrogens is 4. The Bertz CT molecular complexity index is 1240. The van der Waals surface area contributed by atoms with Crippen molar-refractivity contribution in [2.45, 2.75) is 26.8 Å². The van der Waals surface area contributed by atoms with E-state index in [0.29, 0.717) is 5.95 Å². The van der Waals surface area contributed by atoms with Crippen LogP contribution in [0.2, 0.25) is 0 Å². The maximum Gasteiger partial charge on any atom is 0.227 e. The van der Waals surface area contributed by atoms with Crippen molar-refractivity contribution < 1.29 is 0 Å². The number of benzene rings is 2. The quantitative estimate of drug-likeness (QED) is 0.534. The maximum absolute atomic E-state index is 4.88. The van der Waals surface area contributed by atoms with Gasteiger partial charge >= 0.3 is 0 Å². The van der Waals surface area contributed by atoms with E-state index in [9.17, 15) is 0 Å². The molecule has 0 bridgehead atoms. The van der Waals surface area contributed by atoms with E-state index in [1.807, 2.05) is 17.1 Å². The minimum Gasteiger partial charge on any atom is -0.369 e. The molecular weight excluding hydrogens is 386 g/mol. The van der Waals surface area contributed by atoms with Crippen LogP contribution >= 0.6 is 0 Å². The Hall–Kier alpha value is -3.19. The molecule has 0 aliphatic carbocycles. The monoisotopic (exact) mass is 415 g/mol. The van der Waals surface area contributed by atoms with Gasteiger partial charge in [0.1, 0.15) is 5.52 Å². The Balaban J connectivity index is 1.46. The second-order valence-electron chi connectivity index (χ2n) is 8.73. The molecule has 31 heavy (non-hydrogen) atoms. The molecule has 1 fully saturated rings. The normalized spacial score (nSPS) is 15.3. The van der Waals surface area contributed by atoms with Gasteiger partial charge in [-0.25, -0.2) is 9.97 Å². The van der Waals surface area contributed by atoms with E-state index in [2.05, 4.69) is 83.3 Å². The first-order valence-electron chi connectivity index (χ1n) is 10.9. The number of fused-ring (bicyclic) bond motifs is 3. The summed E-state index contributed by atoms with van der Waals surface area (Å²) in [5.41, 5.74) is 5.47. The highest BCUT2D eigenvalue weighted by atomic mass is 15.3. The minimum absolute atomic E-state index is 0.263. The van der Waals surface area contributed by atoms with Crippen LogP contribution in [0, 0.1) is 6.92 Å². The lowest BCUT2D eigenvalue weighted by Crippen LogP contribution is -2.44. The van der Waals surface area contributed by atoms with Crippen molar-refractivity contribution in [1.82, 2.24) is 24.6 Å². The van der Waals surface area contributed by atoms with Crippen LogP contribution in [0.4, 0.5) is 17.3 Å². The van der Waals surface area contributed by atoms with Crippen LogP contribution in [0.1, 0.15) is 25.5 Å². The first kappa shape index (κ1) is 19.8. The summed E-state index contributed by atoms with van der Waals surface area (Å²) in [5.74, 6) is 0.604. The van der Waals surface area contributed by atoms with Crippen molar-refractivity contribution in [3.63, 3.8) is 0 Å². The topological polar surface area (TPSA) is 62.1 Å². The number of anilines is 3. The van der Waals surface area contributed by atoms with Crippen LogP contribution in [-0.4, -0.2) is 57.9 Å². The van der Waals surface area contributed by atoms with Gasteiger partial charge in [-0.15, -0.1) is 0 Å². The van der Waals surface area contributed by atoms with Crippen molar-refractivity contribution in [2.24, 2.45) is 0 Å². The molecular formula is C24H29N7. The SMILES string of the molecule is Cc1cc(N2CCN(C)CC2)ccc1Nc1ncc2ccc3cnn(C(C)C)c3c2n1. The number of rotatable bonds is 4. The molecule has 3 heterocycles. The van der Waals surface area contributed by atoms with Gasteiger partial charge in [-0.05, 0) is 51.6 Å². The second kappa shape index (κ2) is 7.81. The molecule has 4 aromatic rings. The first-order valence-corrected chi connectivity index (χ1v) is 10.9. The summed E-state index contributed by atoms with van der Waals surface area (Å²) in [5, 5.41) is 10.1. The van der Waals surface area contributed by atoms with Crippen LogP contribution in [0.15, 0.2) is 42.7 Å². The van der Waals surface area contributed by atoms with Crippen molar-refractivity contribution in [2.75, 3.05) is 43.4 Å². The highest BCUT2D eigenvalue weighted by molar-refractivity contribution is 6.03. The Kier molecular flexibility index (Phi) is 4.98. The van der Waals surface area contributed by atoms with Crippen molar-refractivity contribution in [3.8, 4) is 0 Å². The van der Waals surface area contributed by atoms with Crippen LogP contribution in [0.25, 0.3) is 21.8 Å². The Morgan fingerprint density at radius 3 is 2.48 bits per heavy atom. The molecule has 0 saturated carbocycles. The van der Waals surface area contributed by atoms with Gasteiger partial charge in [-0.3, -0.25) is 4.68 Å². The van der Waals surface area contributed by atoms with E-state index in [1.165, 1.54) is 11.3 Å². The number of nitrogens with one attached hydrogen (secondary N) is 1. The fourth-order valence-corrected chi connectivity index (χ4v) is 4.25. The zero-order valence-corrected chi connectivity index (χ0v) is 18.6. The summed E-state index contributed by atoms with van der Waals surface area (Å²) >= 11 is 0. The molecule has 1 aliphatic heterocycles. The molecule has 2 aromatic heterocycles. The highest BCUT2D eigenvalue weighted by Crippen LogP contribution is 2.28. The number of nitrogens with zero attached hydrogens (tertiary/aromatic N) is 6. The van der Waals surface area contributed by atoms with Crippen LogP contribution in [-0.2, 0) is 0 Å². The predicted molar refractivity (Wildman–Crippen MR) is 127 cm³/mol. The molecule has 0 amide bonds. The lowest BCUT2D eigenvalue weighted by molar-refractivity contribution is 0.313. The molecule has 1 aliphatic rings. The van der Waals surface area contributed by atoms with E-state index in [0.717, 1.165) is 53.7 Å². The summed E-state index contributed by atoms with van der Waals surface area (Å²) in [6.07, 6.45) is 3.79. The molecule has 0 atom stereocenters. The second-order valence-corrected chi connectivity index (χ2v) is 8.73. The molecule has 0 unspecified atom stereocenters. The van der Waals surface area contributed by atoms with Crippen LogP contribution in [0.5, 0.6) is 0 Å². The summed E-state index contributed by atoms with van der Waals surface area (Å²) in [6, 6.07) is 11.0. The first-order chi connectivity index (χ1) is 15.0. The fraction of sp³-hybridized carbons (Fsp3) is 0.375. The largest absolute Gasteiger partial charge is 0.369 e. The lowest BCUT2D eigenvalue weighted by Gasteiger charge is -2.34. The van der Waals surface area contributed by atoms with Crippen molar-refractivity contribution in [3.05, 3.63) is 48.3 Å². The third-order valence-electron chi connectivity index (χ3n) is 6.12. The maximum atomic E-state index is 4.88. The molecule has 7 heteroatoms. The van der Waals surface area contributed by atoms with E-state index in [1.54, 1.807) is 0 Å². The van der Waals surface area contributed by atoms with Gasteiger partial charge < -0.3 is 15.1 Å². The van der Waals surface area contributed by atoms with Gasteiger partial charge in [0.05, 0.1) is 11.7 Å². The lowest BCUT2D eigenvalue weighted by atomic mass is 10.1. The Morgan fingerprint density at radius 2 is 1.74 bits per heavy atom. The van der Waals surface area contributed by atoms with Gasteiger partial charge in [0, 0.05) is 60.6 Å². The molecule has 1 saturated heterocycles. The molecule has 0 spiro atoms. The molecule has 160 valence electrons. The summed E-state index contributed by atoms with van der Waals surface area (Å²) in [4.78, 5) is 14.3. The predicted octanol–water partition coefficient (Wildman–Crippen LogP) is 4.36. The molecule has 0 radical (unpaired) electrons. The average molecular weight is 416 g/mol. The summed E-state index contributed by atoms with van der Waals surface area (Å²) < 4.78 is 2.03. The Morgan fingerprint density at radius 1 is 0.968 bits per heavy atom. The van der Waals surface area contributed by atoms with Crippen molar-refractivity contribution >= 4 is 39.1 Å². The number of aryl methyl sites for hydroxylation is 1. The van der Waals surface area contributed by atoms with E-state index >= 15 is 0 Å².